The number of hydrogen-bond acceptors (Lipinski definition) is 5. The molecule has 3 atom stereocenters. The van der Waals surface area contributed by atoms with E-state index in [9.17, 15) is 9.59 Å². The van der Waals surface area contributed by atoms with Crippen LogP contribution in [-0.4, -0.2) is 47.4 Å². The van der Waals surface area contributed by atoms with Gasteiger partial charge >= 0.3 is 0 Å². The molecule has 0 aliphatic carbocycles. The van der Waals surface area contributed by atoms with Crippen molar-refractivity contribution in [3.05, 3.63) is 35.9 Å². The molecule has 0 bridgehead atoms. The molecule has 2 fully saturated rings. The summed E-state index contributed by atoms with van der Waals surface area (Å²) in [5.74, 6) is -0.0751. The van der Waals surface area contributed by atoms with Gasteiger partial charge in [0.05, 0.1) is 11.5 Å². The predicted molar refractivity (Wildman–Crippen MR) is 95.3 cm³/mol. The van der Waals surface area contributed by atoms with Gasteiger partial charge in [0.1, 0.15) is 6.04 Å². The zero-order chi connectivity index (χ0) is 17.8. The summed E-state index contributed by atoms with van der Waals surface area (Å²) in [6.45, 7) is 1.64. The quantitative estimate of drug-likeness (QED) is 0.559. The van der Waals surface area contributed by atoms with Crippen molar-refractivity contribution >= 4 is 23.4 Å². The fourth-order valence-corrected chi connectivity index (χ4v) is 3.47. The number of likely N-dealkylation sites (tertiary alicyclic amines) is 1. The molecule has 0 saturated carbocycles. The van der Waals surface area contributed by atoms with Crippen LogP contribution in [0.2, 0.25) is 0 Å². The highest BCUT2D eigenvalue weighted by Crippen LogP contribution is 2.20. The SMILES string of the molecule is NC1NNC(C(=O)N2CCC(C(=O)NCc3ccccc3)CC2)C1Cl. The fraction of sp³-hybridized carbons (Fsp3) is 0.529. The van der Waals surface area contributed by atoms with Crippen LogP contribution in [0.4, 0.5) is 0 Å². The molecular weight excluding hydrogens is 342 g/mol. The van der Waals surface area contributed by atoms with E-state index in [1.807, 2.05) is 30.3 Å². The van der Waals surface area contributed by atoms with Crippen LogP contribution in [0, 0.1) is 5.92 Å². The highest BCUT2D eigenvalue weighted by Gasteiger charge is 2.40. The fourth-order valence-electron chi connectivity index (χ4n) is 3.24. The minimum Gasteiger partial charge on any atom is -0.352 e. The van der Waals surface area contributed by atoms with Crippen molar-refractivity contribution in [3.63, 3.8) is 0 Å². The van der Waals surface area contributed by atoms with E-state index < -0.39 is 17.6 Å². The second-order valence-electron chi connectivity index (χ2n) is 6.54. The van der Waals surface area contributed by atoms with Gasteiger partial charge < -0.3 is 16.0 Å². The Morgan fingerprint density at radius 3 is 2.48 bits per heavy atom. The van der Waals surface area contributed by atoms with Gasteiger partial charge in [0.15, 0.2) is 0 Å². The summed E-state index contributed by atoms with van der Waals surface area (Å²) in [7, 11) is 0. The molecule has 1 aromatic rings. The minimum absolute atomic E-state index is 0.0499. The van der Waals surface area contributed by atoms with Crippen molar-refractivity contribution in [3.8, 4) is 0 Å². The molecule has 2 amide bonds. The summed E-state index contributed by atoms with van der Waals surface area (Å²) in [6.07, 6.45) is 0.869. The van der Waals surface area contributed by atoms with E-state index in [0.29, 0.717) is 32.5 Å². The van der Waals surface area contributed by atoms with Crippen LogP contribution >= 0.6 is 11.6 Å². The number of hydrogen-bond donors (Lipinski definition) is 4. The maximum Gasteiger partial charge on any atom is 0.242 e. The van der Waals surface area contributed by atoms with E-state index in [4.69, 9.17) is 17.3 Å². The molecule has 0 aromatic heterocycles. The highest BCUT2D eigenvalue weighted by atomic mass is 35.5. The van der Waals surface area contributed by atoms with Crippen LogP contribution in [0.1, 0.15) is 18.4 Å². The maximum absolute atomic E-state index is 12.5. The molecule has 136 valence electrons. The van der Waals surface area contributed by atoms with Crippen molar-refractivity contribution in [1.29, 1.82) is 0 Å². The molecule has 5 N–H and O–H groups in total. The van der Waals surface area contributed by atoms with E-state index >= 15 is 0 Å². The number of hydrazine groups is 1. The Morgan fingerprint density at radius 2 is 1.88 bits per heavy atom. The van der Waals surface area contributed by atoms with Gasteiger partial charge in [0.2, 0.25) is 11.8 Å². The molecule has 3 rings (SSSR count). The third-order valence-electron chi connectivity index (χ3n) is 4.82. The van der Waals surface area contributed by atoms with E-state index in [1.54, 1.807) is 4.90 Å². The van der Waals surface area contributed by atoms with Gasteiger partial charge in [-0.25, -0.2) is 10.9 Å². The number of amides is 2. The molecule has 2 heterocycles. The second-order valence-corrected chi connectivity index (χ2v) is 7.04. The third-order valence-corrected chi connectivity index (χ3v) is 5.34. The number of nitrogens with two attached hydrogens (primary N) is 1. The Balaban J connectivity index is 1.45. The van der Waals surface area contributed by atoms with E-state index in [1.165, 1.54) is 0 Å². The van der Waals surface area contributed by atoms with Crippen LogP contribution in [0.3, 0.4) is 0 Å². The lowest BCUT2D eigenvalue weighted by Crippen LogP contribution is -2.51. The van der Waals surface area contributed by atoms with Crippen LogP contribution in [0.15, 0.2) is 30.3 Å². The monoisotopic (exact) mass is 365 g/mol. The van der Waals surface area contributed by atoms with Crippen molar-refractivity contribution in [1.82, 2.24) is 21.1 Å². The summed E-state index contributed by atoms with van der Waals surface area (Å²) in [5, 5.41) is 2.49. The Hall–Kier alpha value is -1.67. The zero-order valence-electron chi connectivity index (χ0n) is 14.0. The standard InChI is InChI=1S/C17H24ClN5O2/c18-13-14(21-22-15(13)19)17(25)23-8-6-12(7-9-23)16(24)20-10-11-4-2-1-3-5-11/h1-5,12-15,21-22H,6-10,19H2,(H,20,24). The Kier molecular flexibility index (Phi) is 5.90. The largest absolute Gasteiger partial charge is 0.352 e. The lowest BCUT2D eigenvalue weighted by Gasteiger charge is -2.33. The summed E-state index contributed by atoms with van der Waals surface area (Å²) in [5.41, 5.74) is 12.5. The lowest BCUT2D eigenvalue weighted by atomic mass is 9.95. The summed E-state index contributed by atoms with van der Waals surface area (Å²) in [6, 6.07) is 9.29. The maximum atomic E-state index is 12.5. The topological polar surface area (TPSA) is 99.5 Å². The molecule has 1 aromatic carbocycles. The van der Waals surface area contributed by atoms with Gasteiger partial charge in [0, 0.05) is 25.6 Å². The number of benzene rings is 1. The lowest BCUT2D eigenvalue weighted by molar-refractivity contribution is -0.137. The summed E-state index contributed by atoms with van der Waals surface area (Å²) >= 11 is 6.16. The Labute approximate surface area is 152 Å². The highest BCUT2D eigenvalue weighted by molar-refractivity contribution is 6.23. The molecule has 0 spiro atoms. The van der Waals surface area contributed by atoms with Gasteiger partial charge in [-0.1, -0.05) is 30.3 Å². The minimum atomic E-state index is -0.528. The molecule has 25 heavy (non-hydrogen) atoms. The first-order chi connectivity index (χ1) is 12.1. The average molecular weight is 366 g/mol. The Morgan fingerprint density at radius 1 is 1.20 bits per heavy atom. The van der Waals surface area contributed by atoms with Gasteiger partial charge in [0.25, 0.3) is 0 Å². The van der Waals surface area contributed by atoms with Gasteiger partial charge in [-0.05, 0) is 18.4 Å². The number of piperidine rings is 1. The van der Waals surface area contributed by atoms with E-state index in [0.717, 1.165) is 5.56 Å². The van der Waals surface area contributed by atoms with E-state index in [2.05, 4.69) is 16.2 Å². The molecule has 8 heteroatoms. The van der Waals surface area contributed by atoms with Crippen molar-refractivity contribution in [2.45, 2.75) is 37.0 Å². The first kappa shape index (κ1) is 18.1. The molecule has 3 unspecified atom stereocenters. The van der Waals surface area contributed by atoms with Crippen LogP contribution in [0.5, 0.6) is 0 Å². The predicted octanol–water partition coefficient (Wildman–Crippen LogP) is -0.0900. The van der Waals surface area contributed by atoms with Crippen LogP contribution in [0.25, 0.3) is 0 Å². The van der Waals surface area contributed by atoms with Gasteiger partial charge in [-0.15, -0.1) is 11.6 Å². The van der Waals surface area contributed by atoms with Crippen molar-refractivity contribution in [2.24, 2.45) is 11.7 Å². The van der Waals surface area contributed by atoms with Crippen LogP contribution < -0.4 is 21.9 Å². The summed E-state index contributed by atoms with van der Waals surface area (Å²) < 4.78 is 0. The van der Waals surface area contributed by atoms with Crippen molar-refractivity contribution in [2.75, 3.05) is 13.1 Å². The molecule has 7 nitrogen and oxygen atoms in total. The second kappa shape index (κ2) is 8.14. The molecule has 2 aliphatic heterocycles. The number of nitrogens with zero attached hydrogens (tertiary/aromatic N) is 1. The normalized spacial score (nSPS) is 27.3. The van der Waals surface area contributed by atoms with Gasteiger partial charge in [-0.2, -0.15) is 0 Å². The number of carbonyl (C=O) groups is 2. The number of rotatable bonds is 4. The van der Waals surface area contributed by atoms with Crippen LogP contribution in [-0.2, 0) is 16.1 Å². The third kappa shape index (κ3) is 4.30. The smallest absolute Gasteiger partial charge is 0.242 e. The Bertz CT molecular complexity index is 606. The average Bonchev–Trinajstić information content (AvgIpc) is 2.99. The first-order valence-corrected chi connectivity index (χ1v) is 9.01. The molecular formula is C17H24ClN5O2. The number of halogens is 1. The molecule has 2 saturated heterocycles. The first-order valence-electron chi connectivity index (χ1n) is 8.57. The van der Waals surface area contributed by atoms with Crippen molar-refractivity contribution < 1.29 is 9.59 Å². The zero-order valence-corrected chi connectivity index (χ0v) is 14.7. The van der Waals surface area contributed by atoms with E-state index in [-0.39, 0.29) is 17.7 Å². The number of alkyl halides is 1. The number of nitrogens with one attached hydrogen (secondary N) is 3. The molecule has 2 aliphatic rings. The van der Waals surface area contributed by atoms with Gasteiger partial charge in [-0.3, -0.25) is 9.59 Å². The molecule has 0 radical (unpaired) electrons. The number of carbonyl (C=O) groups excluding carboxylic acids is 2. The summed E-state index contributed by atoms with van der Waals surface area (Å²) in [4.78, 5) is 26.6.